The molecule has 1 saturated carbocycles. The van der Waals surface area contributed by atoms with E-state index in [1.54, 1.807) is 0 Å². The van der Waals surface area contributed by atoms with Gasteiger partial charge in [0.2, 0.25) is 0 Å². The summed E-state index contributed by atoms with van der Waals surface area (Å²) in [7, 11) is 0. The molecule has 0 amide bonds. The maximum Gasteiger partial charge on any atom is -0.0314 e. The van der Waals surface area contributed by atoms with Gasteiger partial charge in [-0.15, -0.1) is 0 Å². The van der Waals surface area contributed by atoms with Crippen LogP contribution in [0.4, 0.5) is 0 Å². The van der Waals surface area contributed by atoms with Gasteiger partial charge >= 0.3 is 0 Å². The molecule has 0 bridgehead atoms. The van der Waals surface area contributed by atoms with Crippen LogP contribution in [0.25, 0.3) is 0 Å². The third-order valence-electron chi connectivity index (χ3n) is 3.55. The lowest BCUT2D eigenvalue weighted by Crippen LogP contribution is -2.35. The molecule has 0 aromatic rings. The van der Waals surface area contributed by atoms with E-state index in [0.717, 1.165) is 17.8 Å². The van der Waals surface area contributed by atoms with E-state index in [1.807, 2.05) is 0 Å². The molecule has 0 nitrogen and oxygen atoms in total. The first kappa shape index (κ1) is 10.1. The Bertz CT molecular complexity index is 131. The molecule has 12 heavy (non-hydrogen) atoms. The normalized spacial score (nSPS) is 38.2. The van der Waals surface area contributed by atoms with E-state index in [0.29, 0.717) is 5.41 Å². The summed E-state index contributed by atoms with van der Waals surface area (Å²) in [6.07, 6.45) is 4.35. The average molecular weight is 168 g/mol. The second-order valence-corrected chi connectivity index (χ2v) is 5.78. The summed E-state index contributed by atoms with van der Waals surface area (Å²) in [4.78, 5) is 0. The third-order valence-corrected chi connectivity index (χ3v) is 3.55. The van der Waals surface area contributed by atoms with E-state index >= 15 is 0 Å². The lowest BCUT2D eigenvalue weighted by molar-refractivity contribution is 0.0656. The summed E-state index contributed by atoms with van der Waals surface area (Å²) >= 11 is 0. The minimum absolute atomic E-state index is 0.513. The first-order chi connectivity index (χ1) is 5.43. The predicted octanol–water partition coefficient (Wildman–Crippen LogP) is 4.10. The van der Waals surface area contributed by atoms with Gasteiger partial charge in [-0.2, -0.15) is 0 Å². The summed E-state index contributed by atoms with van der Waals surface area (Å²) in [6, 6.07) is 0. The summed E-state index contributed by atoms with van der Waals surface area (Å²) < 4.78 is 0. The zero-order valence-corrected chi connectivity index (χ0v) is 9.35. The smallest absolute Gasteiger partial charge is 0.0314 e. The van der Waals surface area contributed by atoms with Crippen LogP contribution < -0.4 is 0 Å². The number of hydrogen-bond donors (Lipinski definition) is 0. The molecule has 3 atom stereocenters. The lowest BCUT2D eigenvalue weighted by atomic mass is 9.62. The van der Waals surface area contributed by atoms with Crippen molar-refractivity contribution in [2.24, 2.45) is 23.2 Å². The van der Waals surface area contributed by atoms with E-state index in [9.17, 15) is 0 Å². The van der Waals surface area contributed by atoms with Crippen molar-refractivity contribution in [3.05, 3.63) is 0 Å². The molecule has 1 aliphatic carbocycles. The molecule has 1 rings (SSSR count). The molecule has 0 radical (unpaired) electrons. The van der Waals surface area contributed by atoms with Crippen LogP contribution >= 0.6 is 0 Å². The maximum atomic E-state index is 2.44. The number of hydrogen-bond acceptors (Lipinski definition) is 0. The van der Waals surface area contributed by atoms with E-state index in [4.69, 9.17) is 0 Å². The van der Waals surface area contributed by atoms with Gasteiger partial charge in [0.1, 0.15) is 0 Å². The highest BCUT2D eigenvalue weighted by Crippen LogP contribution is 2.44. The molecular formula is C12H24. The van der Waals surface area contributed by atoms with Crippen molar-refractivity contribution in [1.29, 1.82) is 0 Å². The first-order valence-electron chi connectivity index (χ1n) is 5.43. The van der Waals surface area contributed by atoms with Crippen molar-refractivity contribution < 1.29 is 0 Å². The fraction of sp³-hybridized carbons (Fsp3) is 1.00. The Morgan fingerprint density at radius 2 is 1.33 bits per heavy atom. The molecule has 0 saturated heterocycles. The fourth-order valence-electron chi connectivity index (χ4n) is 3.39. The minimum Gasteiger partial charge on any atom is -0.0622 e. The van der Waals surface area contributed by atoms with Gasteiger partial charge in [0.25, 0.3) is 0 Å². The molecule has 1 fully saturated rings. The van der Waals surface area contributed by atoms with Gasteiger partial charge in [-0.05, 0) is 23.2 Å². The number of rotatable bonds is 0. The molecule has 0 N–H and O–H groups in total. The monoisotopic (exact) mass is 168 g/mol. The molecule has 0 heterocycles. The lowest BCUT2D eigenvalue weighted by Gasteiger charge is -2.43. The topological polar surface area (TPSA) is 0 Å². The molecule has 0 spiro atoms. The Morgan fingerprint density at radius 3 is 1.58 bits per heavy atom. The average Bonchev–Trinajstić information content (AvgIpc) is 1.82. The zero-order valence-electron chi connectivity index (χ0n) is 9.35. The molecule has 0 aliphatic heterocycles. The van der Waals surface area contributed by atoms with Gasteiger partial charge < -0.3 is 0 Å². The van der Waals surface area contributed by atoms with Crippen LogP contribution in [0.2, 0.25) is 0 Å². The van der Waals surface area contributed by atoms with Gasteiger partial charge in [0.05, 0.1) is 0 Å². The largest absolute Gasteiger partial charge is 0.0622 e. The Labute approximate surface area is 77.7 Å². The van der Waals surface area contributed by atoms with E-state index in [2.05, 4.69) is 34.6 Å². The maximum absolute atomic E-state index is 2.44. The Hall–Kier alpha value is 0. The fourth-order valence-corrected chi connectivity index (χ4v) is 3.39. The molecular weight excluding hydrogens is 144 g/mol. The van der Waals surface area contributed by atoms with Gasteiger partial charge in [-0.25, -0.2) is 0 Å². The van der Waals surface area contributed by atoms with Crippen LogP contribution in [0.1, 0.15) is 53.9 Å². The van der Waals surface area contributed by atoms with Gasteiger partial charge in [0, 0.05) is 0 Å². The minimum atomic E-state index is 0.513. The molecule has 0 aromatic carbocycles. The van der Waals surface area contributed by atoms with Crippen LogP contribution in [0.3, 0.4) is 0 Å². The highest BCUT2D eigenvalue weighted by Gasteiger charge is 2.35. The van der Waals surface area contributed by atoms with Gasteiger partial charge in [-0.1, -0.05) is 53.9 Å². The quantitative estimate of drug-likeness (QED) is 0.511. The van der Waals surface area contributed by atoms with Crippen molar-refractivity contribution in [3.8, 4) is 0 Å². The van der Waals surface area contributed by atoms with Crippen LogP contribution in [-0.2, 0) is 0 Å². The summed E-state index contributed by atoms with van der Waals surface area (Å²) in [6.45, 7) is 12.1. The highest BCUT2D eigenvalue weighted by atomic mass is 14.4. The third kappa shape index (κ3) is 2.02. The van der Waals surface area contributed by atoms with Gasteiger partial charge in [-0.3, -0.25) is 0 Å². The SMILES string of the molecule is C[C@@H]1CCC[C@H](C)C1C(C)(C)C. The van der Waals surface area contributed by atoms with Crippen molar-refractivity contribution in [2.45, 2.75) is 53.9 Å². The van der Waals surface area contributed by atoms with Crippen LogP contribution in [0.15, 0.2) is 0 Å². The Kier molecular flexibility index (Phi) is 2.85. The van der Waals surface area contributed by atoms with Crippen LogP contribution in [-0.4, -0.2) is 0 Å². The predicted molar refractivity (Wildman–Crippen MR) is 55.1 cm³/mol. The second-order valence-electron chi connectivity index (χ2n) is 5.78. The van der Waals surface area contributed by atoms with Crippen molar-refractivity contribution in [3.63, 3.8) is 0 Å². The van der Waals surface area contributed by atoms with Crippen molar-refractivity contribution in [1.82, 2.24) is 0 Å². The van der Waals surface area contributed by atoms with E-state index < -0.39 is 0 Å². The summed E-state index contributed by atoms with van der Waals surface area (Å²) in [5, 5.41) is 0. The van der Waals surface area contributed by atoms with Crippen molar-refractivity contribution in [2.75, 3.05) is 0 Å². The highest BCUT2D eigenvalue weighted by molar-refractivity contribution is 4.85. The standard InChI is InChI=1S/C12H24/c1-9-7-6-8-10(2)11(9)12(3,4)5/h9-11H,6-8H2,1-5H3/t9-,10+,11?. The first-order valence-corrected chi connectivity index (χ1v) is 5.43. The Balaban J connectivity index is 2.69. The summed E-state index contributed by atoms with van der Waals surface area (Å²) in [5.74, 6) is 2.81. The van der Waals surface area contributed by atoms with Crippen LogP contribution in [0, 0.1) is 23.2 Å². The molecule has 1 aliphatic rings. The van der Waals surface area contributed by atoms with Crippen molar-refractivity contribution >= 4 is 0 Å². The summed E-state index contributed by atoms with van der Waals surface area (Å²) in [5.41, 5.74) is 0.513. The molecule has 1 unspecified atom stereocenters. The van der Waals surface area contributed by atoms with E-state index in [-0.39, 0.29) is 0 Å². The van der Waals surface area contributed by atoms with Gasteiger partial charge in [0.15, 0.2) is 0 Å². The second kappa shape index (κ2) is 3.40. The molecule has 0 aromatic heterocycles. The zero-order chi connectivity index (χ0) is 9.35. The van der Waals surface area contributed by atoms with Crippen LogP contribution in [0.5, 0.6) is 0 Å². The Morgan fingerprint density at radius 1 is 0.917 bits per heavy atom. The molecule has 0 heteroatoms. The molecule has 72 valence electrons. The van der Waals surface area contributed by atoms with E-state index in [1.165, 1.54) is 19.3 Å².